The molecular formula is C42H50N4O10. The molecule has 2 aromatic carbocycles. The van der Waals surface area contributed by atoms with Crippen molar-refractivity contribution >= 4 is 57.6 Å². The molecule has 1 aliphatic heterocycles. The van der Waals surface area contributed by atoms with Gasteiger partial charge in [-0.05, 0) is 100 Å². The Morgan fingerprint density at radius 2 is 1.48 bits per heavy atom. The van der Waals surface area contributed by atoms with E-state index in [1.165, 1.54) is 11.5 Å². The minimum absolute atomic E-state index is 0.0333. The first-order valence-electron chi connectivity index (χ1n) is 19.8. The SMILES string of the molecule is Cc1ccc2c(c1)c(CCCCN1CCN(c3ccc4oc(C(=O)NC(=O)OC(C)OC(=O)C5CCC5)cc4c3)CC1)cn2C(=O)OC(C)OC(=O)C1CCC1. The van der Waals surface area contributed by atoms with Crippen molar-refractivity contribution < 1.29 is 47.3 Å². The van der Waals surface area contributed by atoms with Crippen LogP contribution in [0.2, 0.25) is 0 Å². The number of unbranched alkanes of at least 4 members (excludes halogenated alkanes) is 1. The zero-order valence-electron chi connectivity index (χ0n) is 32.3. The molecule has 0 radical (unpaired) electrons. The maximum Gasteiger partial charge on any atom is 0.421 e. The van der Waals surface area contributed by atoms with Crippen LogP contribution in [0.5, 0.6) is 0 Å². The van der Waals surface area contributed by atoms with Gasteiger partial charge in [-0.1, -0.05) is 24.5 Å². The van der Waals surface area contributed by atoms with Crippen molar-refractivity contribution in [1.82, 2.24) is 14.8 Å². The van der Waals surface area contributed by atoms with Crippen LogP contribution in [0.15, 0.2) is 53.1 Å². The van der Waals surface area contributed by atoms with Crippen LogP contribution in [-0.2, 0) is 35.0 Å². The molecule has 1 N–H and O–H groups in total. The summed E-state index contributed by atoms with van der Waals surface area (Å²) in [6.45, 7) is 9.49. The molecule has 2 aromatic heterocycles. The van der Waals surface area contributed by atoms with Gasteiger partial charge in [0.15, 0.2) is 5.76 Å². The van der Waals surface area contributed by atoms with Crippen molar-refractivity contribution in [3.05, 3.63) is 65.5 Å². The van der Waals surface area contributed by atoms with Gasteiger partial charge in [0.05, 0.1) is 17.4 Å². The van der Waals surface area contributed by atoms with Gasteiger partial charge in [-0.25, -0.2) is 9.59 Å². The van der Waals surface area contributed by atoms with Crippen molar-refractivity contribution in [1.29, 1.82) is 0 Å². The Balaban J connectivity index is 0.857. The van der Waals surface area contributed by atoms with Gasteiger partial charge < -0.3 is 28.3 Å². The van der Waals surface area contributed by atoms with E-state index in [1.54, 1.807) is 13.0 Å². The summed E-state index contributed by atoms with van der Waals surface area (Å²) in [4.78, 5) is 67.1. The normalized spacial score (nSPS) is 17.4. The van der Waals surface area contributed by atoms with Gasteiger partial charge in [-0.15, -0.1) is 0 Å². The van der Waals surface area contributed by atoms with E-state index in [2.05, 4.69) is 21.2 Å². The highest BCUT2D eigenvalue weighted by atomic mass is 16.7. The number of anilines is 1. The molecule has 56 heavy (non-hydrogen) atoms. The molecule has 298 valence electrons. The number of amides is 2. The van der Waals surface area contributed by atoms with Crippen LogP contribution in [0.1, 0.15) is 86.9 Å². The van der Waals surface area contributed by atoms with E-state index >= 15 is 0 Å². The van der Waals surface area contributed by atoms with Crippen LogP contribution < -0.4 is 10.2 Å². The van der Waals surface area contributed by atoms with Crippen LogP contribution in [-0.4, -0.2) is 84.8 Å². The van der Waals surface area contributed by atoms with Gasteiger partial charge in [0.25, 0.3) is 5.91 Å². The first-order chi connectivity index (χ1) is 27.0. The van der Waals surface area contributed by atoms with Crippen molar-refractivity contribution in [2.75, 3.05) is 37.6 Å². The average molecular weight is 771 g/mol. The first-order valence-corrected chi connectivity index (χ1v) is 19.8. The monoisotopic (exact) mass is 770 g/mol. The molecule has 2 atom stereocenters. The number of alkyl carbamates (subject to hydrolysis) is 1. The molecule has 14 nitrogen and oxygen atoms in total. The lowest BCUT2D eigenvalue weighted by molar-refractivity contribution is -0.173. The van der Waals surface area contributed by atoms with E-state index in [0.717, 1.165) is 124 Å². The Kier molecular flexibility index (Phi) is 11.9. The van der Waals surface area contributed by atoms with Crippen LogP contribution in [0.4, 0.5) is 15.3 Å². The fourth-order valence-corrected chi connectivity index (χ4v) is 7.37. The highest BCUT2D eigenvalue weighted by molar-refractivity contribution is 6.03. The molecule has 2 aliphatic carbocycles. The fourth-order valence-electron chi connectivity index (χ4n) is 7.37. The largest absolute Gasteiger partial charge is 0.451 e. The van der Waals surface area contributed by atoms with Gasteiger partial charge in [-0.3, -0.25) is 29.2 Å². The topological polar surface area (TPSA) is 159 Å². The smallest absolute Gasteiger partial charge is 0.421 e. The van der Waals surface area contributed by atoms with E-state index in [-0.39, 0.29) is 23.6 Å². The van der Waals surface area contributed by atoms with Gasteiger partial charge in [0, 0.05) is 62.7 Å². The summed E-state index contributed by atoms with van der Waals surface area (Å²) >= 11 is 0. The summed E-state index contributed by atoms with van der Waals surface area (Å²) in [7, 11) is 0. The van der Waals surface area contributed by atoms with Gasteiger partial charge in [-0.2, -0.15) is 0 Å². The maximum absolute atomic E-state index is 13.2. The molecule has 3 heterocycles. The van der Waals surface area contributed by atoms with Gasteiger partial charge in [0.1, 0.15) is 5.58 Å². The number of benzene rings is 2. The molecule has 3 fully saturated rings. The van der Waals surface area contributed by atoms with Crippen LogP contribution >= 0.6 is 0 Å². The lowest BCUT2D eigenvalue weighted by atomic mass is 9.86. The third-order valence-electron chi connectivity index (χ3n) is 11.1. The number of nitrogens with zero attached hydrogens (tertiary/aromatic N) is 3. The number of furan rings is 1. The fraction of sp³-hybridized carbons (Fsp3) is 0.500. The Bertz CT molecular complexity index is 2090. The predicted octanol–water partition coefficient (Wildman–Crippen LogP) is 7.07. The molecule has 14 heteroatoms. The van der Waals surface area contributed by atoms with Crippen molar-refractivity contribution in [2.45, 2.75) is 91.1 Å². The minimum Gasteiger partial charge on any atom is -0.451 e. The lowest BCUT2D eigenvalue weighted by Crippen LogP contribution is -2.46. The van der Waals surface area contributed by atoms with Crippen molar-refractivity contribution in [3.8, 4) is 0 Å². The summed E-state index contributed by atoms with van der Waals surface area (Å²) in [5.74, 6) is -1.74. The zero-order valence-corrected chi connectivity index (χ0v) is 32.3. The summed E-state index contributed by atoms with van der Waals surface area (Å²) in [6, 6.07) is 13.3. The van der Waals surface area contributed by atoms with Crippen LogP contribution in [0, 0.1) is 18.8 Å². The van der Waals surface area contributed by atoms with Crippen molar-refractivity contribution in [2.24, 2.45) is 11.8 Å². The predicted molar refractivity (Wildman–Crippen MR) is 206 cm³/mol. The summed E-state index contributed by atoms with van der Waals surface area (Å²) in [5, 5.41) is 3.88. The number of aryl methyl sites for hydroxylation is 2. The number of carbonyl (C=O) groups is 5. The second-order valence-corrected chi connectivity index (χ2v) is 15.2. The third kappa shape index (κ3) is 9.18. The molecule has 2 saturated carbocycles. The van der Waals surface area contributed by atoms with E-state index in [9.17, 15) is 24.0 Å². The molecule has 4 aromatic rings. The highest BCUT2D eigenvalue weighted by Crippen LogP contribution is 2.30. The van der Waals surface area contributed by atoms with Crippen LogP contribution in [0.3, 0.4) is 0 Å². The number of hydrogen-bond donors (Lipinski definition) is 1. The Labute approximate surface area is 325 Å². The number of hydrogen-bond acceptors (Lipinski definition) is 12. The number of fused-ring (bicyclic) bond motifs is 2. The Morgan fingerprint density at radius 1 is 0.804 bits per heavy atom. The first kappa shape index (κ1) is 38.9. The quantitative estimate of drug-likeness (QED) is 0.0839. The van der Waals surface area contributed by atoms with E-state index in [0.29, 0.717) is 5.58 Å². The molecule has 0 spiro atoms. The minimum atomic E-state index is -1.12. The summed E-state index contributed by atoms with van der Waals surface area (Å²) < 4.78 is 28.3. The lowest BCUT2D eigenvalue weighted by Gasteiger charge is -2.36. The second-order valence-electron chi connectivity index (χ2n) is 15.2. The number of rotatable bonds is 13. The molecular weight excluding hydrogens is 720 g/mol. The van der Waals surface area contributed by atoms with Crippen LogP contribution in [0.25, 0.3) is 21.9 Å². The summed E-state index contributed by atoms with van der Waals surface area (Å²) in [5.41, 5.74) is 4.49. The highest BCUT2D eigenvalue weighted by Gasteiger charge is 2.30. The average Bonchev–Trinajstić information content (AvgIpc) is 3.70. The standard InChI is InChI=1S/C42H50N4O10/c1-26-13-15-35-34(22-26)31(25-46(35)42(51)55-28(3)53-40(49)30-11-7-12-30)8-4-5-17-44-18-20-45(21-19-44)33-14-16-36-32(23-33)24-37(56-36)38(47)43-41(50)54-27(2)52-39(48)29-9-6-10-29/h13-16,22-25,27-30H,4-12,17-21H2,1-3H3,(H,43,47,50). The van der Waals surface area contributed by atoms with E-state index in [4.69, 9.17) is 23.4 Å². The summed E-state index contributed by atoms with van der Waals surface area (Å²) in [6.07, 6.45) is 6.11. The molecule has 7 rings (SSSR count). The number of esters is 2. The Hall–Kier alpha value is -5.37. The van der Waals surface area contributed by atoms with Gasteiger partial charge in [0.2, 0.25) is 12.6 Å². The van der Waals surface area contributed by atoms with Gasteiger partial charge >= 0.3 is 24.1 Å². The van der Waals surface area contributed by atoms with E-state index in [1.807, 2.05) is 43.5 Å². The number of imide groups is 1. The molecule has 3 aliphatic rings. The number of piperazine rings is 1. The number of carbonyl (C=O) groups excluding carboxylic acids is 5. The Morgan fingerprint density at radius 3 is 2.14 bits per heavy atom. The number of nitrogens with one attached hydrogen (secondary N) is 1. The third-order valence-corrected chi connectivity index (χ3v) is 11.1. The zero-order chi connectivity index (χ0) is 39.3. The van der Waals surface area contributed by atoms with E-state index < -0.39 is 36.6 Å². The molecule has 0 bridgehead atoms. The maximum atomic E-state index is 13.2. The second kappa shape index (κ2) is 17.2. The van der Waals surface area contributed by atoms with Crippen molar-refractivity contribution in [3.63, 3.8) is 0 Å². The molecule has 2 amide bonds. The number of aromatic nitrogens is 1. The number of ether oxygens (including phenoxy) is 4. The molecule has 1 saturated heterocycles. The molecule has 2 unspecified atom stereocenters.